The number of unbranched alkanes of at least 4 members (excludes halogenated alkanes) is 18. The standard InChI is InChI=1S/C51H95N3O3/c1-4-7-10-13-16-19-22-25-42-28-34-46(35-29-42)52-49(55)40-45(51(57)54-48-38-32-44(33-39-48)27-24-21-18-15-12-9-6-3)41-50(56)53-47-36-30-43(31-37-47)26-23-20-17-14-11-8-5-2/h42-48H,4-41H2,1-3H3,(H,52,55)(H,53,56)(H,54,57). The smallest absolute Gasteiger partial charge is 0.224 e. The minimum atomic E-state index is -0.613. The highest BCUT2D eigenvalue weighted by molar-refractivity contribution is 5.90. The van der Waals surface area contributed by atoms with Crippen LogP contribution < -0.4 is 16.0 Å². The maximum atomic E-state index is 13.9. The molecule has 0 aromatic rings. The van der Waals surface area contributed by atoms with E-state index in [0.717, 1.165) is 56.3 Å². The molecule has 0 saturated heterocycles. The van der Waals surface area contributed by atoms with Crippen molar-refractivity contribution < 1.29 is 14.4 Å². The topological polar surface area (TPSA) is 87.3 Å². The van der Waals surface area contributed by atoms with Gasteiger partial charge in [-0.15, -0.1) is 0 Å². The summed E-state index contributed by atoms with van der Waals surface area (Å²) in [4.78, 5) is 40.9. The molecule has 6 heteroatoms. The summed E-state index contributed by atoms with van der Waals surface area (Å²) in [7, 11) is 0. The number of amides is 3. The van der Waals surface area contributed by atoms with E-state index in [0.29, 0.717) is 0 Å². The number of nitrogens with one attached hydrogen (secondary N) is 3. The Balaban J connectivity index is 1.41. The molecule has 0 radical (unpaired) electrons. The average Bonchev–Trinajstić information content (AvgIpc) is 3.21. The van der Waals surface area contributed by atoms with E-state index in [1.165, 1.54) is 193 Å². The first-order chi connectivity index (χ1) is 27.9. The predicted molar refractivity (Wildman–Crippen MR) is 242 cm³/mol. The van der Waals surface area contributed by atoms with Crippen molar-refractivity contribution in [2.45, 2.75) is 283 Å². The lowest BCUT2D eigenvalue weighted by molar-refractivity contribution is -0.134. The van der Waals surface area contributed by atoms with Crippen LogP contribution >= 0.6 is 0 Å². The highest BCUT2D eigenvalue weighted by atomic mass is 16.2. The van der Waals surface area contributed by atoms with Gasteiger partial charge in [0.05, 0.1) is 5.92 Å². The third-order valence-corrected chi connectivity index (χ3v) is 14.5. The van der Waals surface area contributed by atoms with Gasteiger partial charge >= 0.3 is 0 Å². The quantitative estimate of drug-likeness (QED) is 0.0592. The van der Waals surface area contributed by atoms with Gasteiger partial charge in [0.2, 0.25) is 17.7 Å². The Morgan fingerprint density at radius 3 is 0.930 bits per heavy atom. The van der Waals surface area contributed by atoms with Crippen LogP contribution in [-0.4, -0.2) is 35.8 Å². The second kappa shape index (κ2) is 32.2. The van der Waals surface area contributed by atoms with Gasteiger partial charge in [0.1, 0.15) is 0 Å². The van der Waals surface area contributed by atoms with Crippen molar-refractivity contribution >= 4 is 17.7 Å². The van der Waals surface area contributed by atoms with Crippen molar-refractivity contribution in [3.8, 4) is 0 Å². The molecule has 0 unspecified atom stereocenters. The monoisotopic (exact) mass is 798 g/mol. The summed E-state index contributed by atoms with van der Waals surface area (Å²) in [5.74, 6) is 1.54. The molecular weight excluding hydrogens is 703 g/mol. The third-order valence-electron chi connectivity index (χ3n) is 14.5. The maximum absolute atomic E-state index is 13.9. The summed E-state index contributed by atoms with van der Waals surface area (Å²) in [6.45, 7) is 6.83. The molecular formula is C51H95N3O3. The van der Waals surface area contributed by atoms with Gasteiger partial charge in [0.25, 0.3) is 0 Å². The zero-order valence-corrected chi connectivity index (χ0v) is 38.1. The van der Waals surface area contributed by atoms with Gasteiger partial charge in [0, 0.05) is 31.0 Å². The normalized spacial score (nSPS) is 24.5. The molecule has 0 heterocycles. The molecule has 3 rings (SSSR count). The molecule has 0 spiro atoms. The molecule has 6 nitrogen and oxygen atoms in total. The van der Waals surface area contributed by atoms with Crippen molar-refractivity contribution in [1.82, 2.24) is 16.0 Å². The number of carbonyl (C=O) groups is 3. The summed E-state index contributed by atoms with van der Waals surface area (Å²) in [5.41, 5.74) is 0. The van der Waals surface area contributed by atoms with Crippen molar-refractivity contribution in [3.05, 3.63) is 0 Å². The largest absolute Gasteiger partial charge is 0.353 e. The molecule has 0 bridgehead atoms. The summed E-state index contributed by atoms with van der Waals surface area (Å²) in [6.07, 6.45) is 46.0. The van der Waals surface area contributed by atoms with Crippen LogP contribution in [0.15, 0.2) is 0 Å². The Morgan fingerprint density at radius 2 is 0.632 bits per heavy atom. The number of hydrogen-bond acceptors (Lipinski definition) is 3. The zero-order chi connectivity index (χ0) is 40.8. The van der Waals surface area contributed by atoms with E-state index in [1.54, 1.807) is 0 Å². The van der Waals surface area contributed by atoms with Crippen LogP contribution in [0.4, 0.5) is 0 Å². The number of rotatable bonds is 32. The zero-order valence-electron chi connectivity index (χ0n) is 38.1. The van der Waals surface area contributed by atoms with E-state index < -0.39 is 5.92 Å². The van der Waals surface area contributed by atoms with Crippen LogP contribution in [0.25, 0.3) is 0 Å². The molecule has 57 heavy (non-hydrogen) atoms. The molecule has 3 fully saturated rings. The Bertz CT molecular complexity index is 955. The van der Waals surface area contributed by atoms with Crippen LogP contribution in [0, 0.1) is 23.7 Å². The summed E-state index contributed by atoms with van der Waals surface area (Å²) in [5, 5.41) is 9.96. The van der Waals surface area contributed by atoms with Gasteiger partial charge in [0.15, 0.2) is 0 Å². The molecule has 332 valence electrons. The lowest BCUT2D eigenvalue weighted by atomic mass is 9.82. The molecule has 3 N–H and O–H groups in total. The predicted octanol–water partition coefficient (Wildman–Crippen LogP) is 13.8. The van der Waals surface area contributed by atoms with E-state index in [9.17, 15) is 14.4 Å². The van der Waals surface area contributed by atoms with Gasteiger partial charge in [-0.3, -0.25) is 14.4 Å². The van der Waals surface area contributed by atoms with Gasteiger partial charge in [-0.1, -0.05) is 175 Å². The fraction of sp³-hybridized carbons (Fsp3) is 0.941. The van der Waals surface area contributed by atoms with E-state index in [-0.39, 0.29) is 48.7 Å². The maximum Gasteiger partial charge on any atom is 0.224 e. The van der Waals surface area contributed by atoms with Crippen molar-refractivity contribution in [1.29, 1.82) is 0 Å². The van der Waals surface area contributed by atoms with Crippen molar-refractivity contribution in [2.24, 2.45) is 23.7 Å². The Morgan fingerprint density at radius 1 is 0.368 bits per heavy atom. The van der Waals surface area contributed by atoms with E-state index >= 15 is 0 Å². The van der Waals surface area contributed by atoms with Crippen LogP contribution in [0.3, 0.4) is 0 Å². The molecule has 3 aliphatic rings. The van der Waals surface area contributed by atoms with Crippen molar-refractivity contribution in [3.63, 3.8) is 0 Å². The van der Waals surface area contributed by atoms with Gasteiger partial charge in [-0.05, 0) is 94.8 Å². The molecule has 0 aromatic carbocycles. The molecule has 3 aliphatic carbocycles. The van der Waals surface area contributed by atoms with E-state index in [2.05, 4.69) is 36.7 Å². The second-order valence-corrected chi connectivity index (χ2v) is 19.6. The van der Waals surface area contributed by atoms with Crippen molar-refractivity contribution in [2.75, 3.05) is 0 Å². The van der Waals surface area contributed by atoms with E-state index in [1.807, 2.05) is 0 Å². The summed E-state index contributed by atoms with van der Waals surface area (Å²) < 4.78 is 0. The highest BCUT2D eigenvalue weighted by Gasteiger charge is 2.31. The minimum Gasteiger partial charge on any atom is -0.353 e. The molecule has 0 atom stereocenters. The summed E-state index contributed by atoms with van der Waals surface area (Å²) in [6, 6.07) is 0.557. The van der Waals surface area contributed by atoms with Gasteiger partial charge < -0.3 is 16.0 Å². The Labute approximate surface area is 353 Å². The highest BCUT2D eigenvalue weighted by Crippen LogP contribution is 2.32. The molecule has 0 aliphatic heterocycles. The van der Waals surface area contributed by atoms with Gasteiger partial charge in [-0.2, -0.15) is 0 Å². The minimum absolute atomic E-state index is 0.0530. The van der Waals surface area contributed by atoms with Crippen LogP contribution in [0.1, 0.15) is 265 Å². The van der Waals surface area contributed by atoms with Crippen LogP contribution in [-0.2, 0) is 14.4 Å². The van der Waals surface area contributed by atoms with E-state index in [4.69, 9.17) is 0 Å². The fourth-order valence-corrected chi connectivity index (χ4v) is 10.6. The molecule has 0 aromatic heterocycles. The third kappa shape index (κ3) is 23.7. The first-order valence-corrected chi connectivity index (χ1v) is 25.8. The average molecular weight is 798 g/mol. The Hall–Kier alpha value is -1.59. The fourth-order valence-electron chi connectivity index (χ4n) is 10.6. The lowest BCUT2D eigenvalue weighted by Gasteiger charge is -2.31. The molecule has 3 amide bonds. The first-order valence-electron chi connectivity index (χ1n) is 25.8. The first kappa shape index (κ1) is 49.8. The SMILES string of the molecule is CCCCCCCCCC1CCC(NC(=O)CC(CC(=O)NC2CCC(CCCCCCCCC)CC2)C(=O)NC2CCC(CCCCCCCCC)CC2)CC1. The van der Waals surface area contributed by atoms with Gasteiger partial charge in [-0.25, -0.2) is 0 Å². The van der Waals surface area contributed by atoms with Crippen LogP contribution in [0.2, 0.25) is 0 Å². The lowest BCUT2D eigenvalue weighted by Crippen LogP contribution is -2.46. The Kier molecular flexibility index (Phi) is 28.1. The summed E-state index contributed by atoms with van der Waals surface area (Å²) >= 11 is 0. The van der Waals surface area contributed by atoms with Crippen LogP contribution in [0.5, 0.6) is 0 Å². The molecule has 3 saturated carbocycles. The number of hydrogen-bond donors (Lipinski definition) is 3. The second-order valence-electron chi connectivity index (χ2n) is 19.6. The number of carbonyl (C=O) groups excluding carboxylic acids is 3.